The second-order valence-corrected chi connectivity index (χ2v) is 4.10. The molecular weight excluding hydrogens is 172 g/mol. The van der Waals surface area contributed by atoms with Crippen molar-refractivity contribution in [2.75, 3.05) is 6.54 Å². The molecule has 0 saturated carbocycles. The zero-order chi connectivity index (χ0) is 10.1. The topological polar surface area (TPSA) is 3.24 Å². The second kappa shape index (κ2) is 3.91. The van der Waals surface area contributed by atoms with E-state index >= 15 is 0 Å². The molecule has 13 heavy (non-hydrogen) atoms. The Balaban J connectivity index is 2.68. The van der Waals surface area contributed by atoms with Crippen LogP contribution in [0.3, 0.4) is 0 Å². The van der Waals surface area contributed by atoms with Gasteiger partial charge in [-0.25, -0.2) is 8.78 Å². The average molecular weight is 191 g/mol. The number of alkyl halides is 2. The fourth-order valence-corrected chi connectivity index (χ4v) is 2.10. The second-order valence-electron chi connectivity index (χ2n) is 4.10. The van der Waals surface area contributed by atoms with Gasteiger partial charge in [-0.1, -0.05) is 6.92 Å². The number of hydrogen-bond acceptors (Lipinski definition) is 1. The van der Waals surface area contributed by atoms with Crippen LogP contribution < -0.4 is 0 Å². The quantitative estimate of drug-likeness (QED) is 0.663. The first-order valence-electron chi connectivity index (χ1n) is 5.12. The van der Waals surface area contributed by atoms with E-state index < -0.39 is 12.0 Å². The molecule has 0 spiro atoms. The number of nitrogens with zero attached hydrogens (tertiary/aromatic N) is 1. The highest BCUT2D eigenvalue weighted by molar-refractivity contribution is 4.90. The zero-order valence-electron chi connectivity index (χ0n) is 8.69. The van der Waals surface area contributed by atoms with Crippen LogP contribution in [0.15, 0.2) is 0 Å². The van der Waals surface area contributed by atoms with Crippen LogP contribution in [0.4, 0.5) is 8.78 Å². The Hall–Kier alpha value is -0.180. The number of halogens is 2. The van der Waals surface area contributed by atoms with E-state index in [1.165, 1.54) is 0 Å². The standard InChI is InChI=1S/C10H19F2N/c1-4-10(11,12)9-6-5-7-13(9)8(2)3/h8-9H,4-7H2,1-3H3. The molecule has 78 valence electrons. The van der Waals surface area contributed by atoms with Crippen molar-refractivity contribution in [3.8, 4) is 0 Å². The summed E-state index contributed by atoms with van der Waals surface area (Å²) < 4.78 is 26.9. The third kappa shape index (κ3) is 2.19. The molecule has 1 aliphatic rings. The molecule has 0 N–H and O–H groups in total. The molecule has 1 fully saturated rings. The summed E-state index contributed by atoms with van der Waals surface area (Å²) in [7, 11) is 0. The monoisotopic (exact) mass is 191 g/mol. The van der Waals surface area contributed by atoms with E-state index in [0.717, 1.165) is 13.0 Å². The van der Waals surface area contributed by atoms with E-state index in [1.807, 2.05) is 18.7 Å². The summed E-state index contributed by atoms with van der Waals surface area (Å²) >= 11 is 0. The van der Waals surface area contributed by atoms with E-state index in [9.17, 15) is 8.78 Å². The third-order valence-electron chi connectivity index (χ3n) is 2.92. The SMILES string of the molecule is CCC(F)(F)C1CCCN1C(C)C. The summed E-state index contributed by atoms with van der Waals surface area (Å²) in [5.74, 6) is -2.50. The van der Waals surface area contributed by atoms with E-state index in [1.54, 1.807) is 6.92 Å². The minimum absolute atomic E-state index is 0.0408. The van der Waals surface area contributed by atoms with Crippen molar-refractivity contribution >= 4 is 0 Å². The van der Waals surface area contributed by atoms with E-state index in [0.29, 0.717) is 6.42 Å². The Labute approximate surface area is 79.1 Å². The summed E-state index contributed by atoms with van der Waals surface area (Å²) in [5.41, 5.74) is 0. The van der Waals surface area contributed by atoms with Crippen LogP contribution in [0.5, 0.6) is 0 Å². The van der Waals surface area contributed by atoms with Gasteiger partial charge in [-0.3, -0.25) is 4.90 Å². The van der Waals surface area contributed by atoms with Crippen LogP contribution in [-0.4, -0.2) is 29.5 Å². The van der Waals surface area contributed by atoms with Crippen LogP contribution in [0.2, 0.25) is 0 Å². The molecule has 1 atom stereocenters. The number of rotatable bonds is 3. The first-order chi connectivity index (χ1) is 5.99. The average Bonchev–Trinajstić information content (AvgIpc) is 2.52. The van der Waals surface area contributed by atoms with Crippen molar-refractivity contribution in [1.82, 2.24) is 4.90 Å². The Bertz CT molecular complexity index is 168. The van der Waals surface area contributed by atoms with Crippen LogP contribution >= 0.6 is 0 Å². The normalized spacial score (nSPS) is 25.8. The Morgan fingerprint density at radius 3 is 2.54 bits per heavy atom. The van der Waals surface area contributed by atoms with Gasteiger partial charge in [0, 0.05) is 12.5 Å². The molecule has 0 aromatic heterocycles. The summed E-state index contributed by atoms with van der Waals surface area (Å²) in [4.78, 5) is 1.93. The first-order valence-corrected chi connectivity index (χ1v) is 5.12. The fraction of sp³-hybridized carbons (Fsp3) is 1.00. The largest absolute Gasteiger partial charge is 0.292 e. The highest BCUT2D eigenvalue weighted by atomic mass is 19.3. The Morgan fingerprint density at radius 2 is 2.08 bits per heavy atom. The molecule has 0 aromatic carbocycles. The first kappa shape index (κ1) is 10.9. The summed E-state index contributed by atoms with van der Waals surface area (Å²) in [5, 5.41) is 0. The van der Waals surface area contributed by atoms with Gasteiger partial charge < -0.3 is 0 Å². The lowest BCUT2D eigenvalue weighted by molar-refractivity contribution is -0.0782. The maximum absolute atomic E-state index is 13.4. The highest BCUT2D eigenvalue weighted by Crippen LogP contribution is 2.34. The van der Waals surface area contributed by atoms with Gasteiger partial charge in [-0.05, 0) is 33.2 Å². The van der Waals surface area contributed by atoms with Crippen molar-refractivity contribution < 1.29 is 8.78 Å². The molecule has 0 amide bonds. The molecule has 0 radical (unpaired) electrons. The van der Waals surface area contributed by atoms with Gasteiger partial charge in [0.25, 0.3) is 5.92 Å². The molecular formula is C10H19F2N. The van der Waals surface area contributed by atoms with Crippen molar-refractivity contribution in [2.45, 2.75) is 58.0 Å². The van der Waals surface area contributed by atoms with E-state index in [4.69, 9.17) is 0 Å². The molecule has 0 aromatic rings. The van der Waals surface area contributed by atoms with Gasteiger partial charge in [0.2, 0.25) is 0 Å². The maximum Gasteiger partial charge on any atom is 0.263 e. The van der Waals surface area contributed by atoms with Gasteiger partial charge >= 0.3 is 0 Å². The van der Waals surface area contributed by atoms with Crippen molar-refractivity contribution in [3.63, 3.8) is 0 Å². The molecule has 0 aliphatic carbocycles. The zero-order valence-corrected chi connectivity index (χ0v) is 8.69. The van der Waals surface area contributed by atoms with Crippen LogP contribution in [0.25, 0.3) is 0 Å². The molecule has 1 nitrogen and oxygen atoms in total. The van der Waals surface area contributed by atoms with Crippen molar-refractivity contribution in [3.05, 3.63) is 0 Å². The smallest absolute Gasteiger partial charge is 0.263 e. The lowest BCUT2D eigenvalue weighted by Gasteiger charge is -2.33. The van der Waals surface area contributed by atoms with Gasteiger partial charge in [0.15, 0.2) is 0 Å². The van der Waals surface area contributed by atoms with Gasteiger partial charge in [-0.2, -0.15) is 0 Å². The van der Waals surface area contributed by atoms with Crippen molar-refractivity contribution in [2.24, 2.45) is 0 Å². The van der Waals surface area contributed by atoms with Crippen molar-refractivity contribution in [1.29, 1.82) is 0 Å². The van der Waals surface area contributed by atoms with Gasteiger partial charge in [-0.15, -0.1) is 0 Å². The molecule has 3 heteroatoms. The van der Waals surface area contributed by atoms with Crippen LogP contribution in [0, 0.1) is 0 Å². The Kier molecular flexibility index (Phi) is 3.28. The Morgan fingerprint density at radius 1 is 1.46 bits per heavy atom. The molecule has 1 saturated heterocycles. The predicted octanol–water partition coefficient (Wildman–Crippen LogP) is 2.90. The molecule has 1 rings (SSSR count). The predicted molar refractivity (Wildman–Crippen MR) is 50.1 cm³/mol. The maximum atomic E-state index is 13.4. The lowest BCUT2D eigenvalue weighted by Crippen LogP contribution is -2.46. The minimum Gasteiger partial charge on any atom is -0.292 e. The molecule has 0 bridgehead atoms. The summed E-state index contributed by atoms with van der Waals surface area (Å²) in [6, 6.07) is -0.276. The third-order valence-corrected chi connectivity index (χ3v) is 2.92. The molecule has 1 unspecified atom stereocenters. The van der Waals surface area contributed by atoms with Crippen LogP contribution in [-0.2, 0) is 0 Å². The van der Waals surface area contributed by atoms with Gasteiger partial charge in [0.1, 0.15) is 0 Å². The lowest BCUT2D eigenvalue weighted by atomic mass is 10.0. The van der Waals surface area contributed by atoms with E-state index in [2.05, 4.69) is 0 Å². The fourth-order valence-electron chi connectivity index (χ4n) is 2.10. The summed E-state index contributed by atoms with van der Waals surface area (Å²) in [6.45, 7) is 6.38. The molecule has 1 aliphatic heterocycles. The summed E-state index contributed by atoms with van der Waals surface area (Å²) in [6.07, 6.45) is 1.53. The van der Waals surface area contributed by atoms with Gasteiger partial charge in [0.05, 0.1) is 6.04 Å². The highest BCUT2D eigenvalue weighted by Gasteiger charge is 2.44. The number of likely N-dealkylation sites (tertiary alicyclic amines) is 1. The number of hydrogen-bond donors (Lipinski definition) is 0. The minimum atomic E-state index is -2.50. The van der Waals surface area contributed by atoms with E-state index in [-0.39, 0.29) is 12.5 Å². The van der Waals surface area contributed by atoms with Crippen LogP contribution in [0.1, 0.15) is 40.0 Å². The molecule has 1 heterocycles.